The van der Waals surface area contributed by atoms with E-state index in [-0.39, 0.29) is 0 Å². The number of nitrogens with one attached hydrogen (secondary N) is 2. The van der Waals surface area contributed by atoms with Crippen molar-refractivity contribution in [2.75, 3.05) is 0 Å². The SMILES string of the molecule is C1=CCC(c2cccc3c4nc5nc(nc6[nH]c(nc7nc(nc([nH]4)c23)-c2ccccc2-7)c2ccccc62)-c2ccccc2-5)=C1. The van der Waals surface area contributed by atoms with Crippen molar-refractivity contribution in [3.8, 4) is 45.6 Å². The molecule has 0 atom stereocenters. The second kappa shape index (κ2) is 9.11. The van der Waals surface area contributed by atoms with E-state index in [9.17, 15) is 0 Å². The Hall–Kier alpha value is -6.28. The molecule has 1 aliphatic carbocycles. The number of benzene rings is 4. The number of H-pyrrole nitrogens is 2. The molecule has 4 aromatic carbocycles. The average molecular weight is 579 g/mol. The fourth-order valence-electron chi connectivity index (χ4n) is 6.60. The highest BCUT2D eigenvalue weighted by Gasteiger charge is 2.22. The van der Waals surface area contributed by atoms with E-state index in [1.54, 1.807) is 0 Å². The number of fused-ring (bicyclic) bond motifs is 20. The zero-order valence-corrected chi connectivity index (χ0v) is 23.8. The van der Waals surface area contributed by atoms with E-state index in [2.05, 4.69) is 46.4 Å². The molecule has 8 nitrogen and oxygen atoms in total. The minimum Gasteiger partial charge on any atom is -0.324 e. The molecule has 8 heteroatoms. The quantitative estimate of drug-likeness (QED) is 0.203. The lowest BCUT2D eigenvalue weighted by atomic mass is 10.00. The average Bonchev–Trinajstić information content (AvgIpc) is 3.91. The Balaban J connectivity index is 1.42. The Kier molecular flexibility index (Phi) is 4.90. The van der Waals surface area contributed by atoms with Gasteiger partial charge in [0.25, 0.3) is 0 Å². The van der Waals surface area contributed by atoms with Crippen LogP contribution in [0.15, 0.2) is 109 Å². The third-order valence-corrected chi connectivity index (χ3v) is 8.70. The van der Waals surface area contributed by atoms with Crippen LogP contribution in [0.4, 0.5) is 0 Å². The summed E-state index contributed by atoms with van der Waals surface area (Å²) < 4.78 is 0. The van der Waals surface area contributed by atoms with Gasteiger partial charge in [-0.25, -0.2) is 29.9 Å². The zero-order valence-electron chi connectivity index (χ0n) is 23.8. The van der Waals surface area contributed by atoms with E-state index >= 15 is 0 Å². The van der Waals surface area contributed by atoms with E-state index in [4.69, 9.17) is 29.9 Å². The molecule has 210 valence electrons. The summed E-state index contributed by atoms with van der Waals surface area (Å²) in [7, 11) is 0. The summed E-state index contributed by atoms with van der Waals surface area (Å²) in [4.78, 5) is 37.5. The fourth-order valence-corrected chi connectivity index (χ4v) is 6.60. The predicted molar refractivity (Wildman–Crippen MR) is 178 cm³/mol. The predicted octanol–water partition coefficient (Wildman–Crippen LogP) is 8.21. The molecule has 0 saturated carbocycles. The molecule has 0 spiro atoms. The van der Waals surface area contributed by atoms with Crippen LogP contribution in [0.2, 0.25) is 0 Å². The first-order valence-corrected chi connectivity index (χ1v) is 14.9. The summed E-state index contributed by atoms with van der Waals surface area (Å²) in [5, 5.41) is 3.88. The van der Waals surface area contributed by atoms with E-state index < -0.39 is 0 Å². The molecule has 2 aliphatic heterocycles. The van der Waals surface area contributed by atoms with Gasteiger partial charge in [0.15, 0.2) is 23.3 Å². The van der Waals surface area contributed by atoms with Gasteiger partial charge in [-0.15, -0.1) is 0 Å². The Morgan fingerprint density at radius 3 is 1.40 bits per heavy atom. The van der Waals surface area contributed by atoms with Crippen LogP contribution in [0.3, 0.4) is 0 Å². The molecule has 8 bridgehead atoms. The lowest BCUT2D eigenvalue weighted by Gasteiger charge is -2.04. The van der Waals surface area contributed by atoms with Crippen molar-refractivity contribution in [1.82, 2.24) is 39.9 Å². The molecule has 0 amide bonds. The van der Waals surface area contributed by atoms with Gasteiger partial charge in [0, 0.05) is 43.8 Å². The molecule has 0 unspecified atom stereocenters. The Bertz CT molecular complexity index is 2630. The lowest BCUT2D eigenvalue weighted by molar-refractivity contribution is 1.19. The van der Waals surface area contributed by atoms with Crippen LogP contribution >= 0.6 is 0 Å². The standard InChI is InChI=1S/C37H22N8/c1-2-11-20(10-1)21-18-9-19-28-29(21)37-44-35-27-17-8-7-16-26(27)33(42-35)40-31-23-13-4-3-12-22(23)30(38-31)39-32-24-14-5-6-15-25(24)34(41-32)43-36(28)45-37/h1-10,12-19H,11H2,(H2,38,39,40,41,42,43,44,45). The largest absolute Gasteiger partial charge is 0.324 e. The second-order valence-electron chi connectivity index (χ2n) is 11.3. The summed E-state index contributed by atoms with van der Waals surface area (Å²) in [5.74, 6) is 2.38. The summed E-state index contributed by atoms with van der Waals surface area (Å²) in [6, 6.07) is 30.6. The molecule has 2 N–H and O–H groups in total. The van der Waals surface area contributed by atoms with Crippen LogP contribution in [-0.2, 0) is 0 Å². The van der Waals surface area contributed by atoms with Gasteiger partial charge in [0.2, 0.25) is 0 Å². The molecule has 3 aromatic heterocycles. The molecule has 10 rings (SSSR count). The monoisotopic (exact) mass is 578 g/mol. The van der Waals surface area contributed by atoms with Gasteiger partial charge in [-0.2, -0.15) is 0 Å². The van der Waals surface area contributed by atoms with Gasteiger partial charge in [-0.3, -0.25) is 0 Å². The van der Waals surface area contributed by atoms with Crippen molar-refractivity contribution in [3.05, 3.63) is 115 Å². The summed E-state index contributed by atoms with van der Waals surface area (Å²) in [6.07, 6.45) is 7.30. The minimum atomic E-state index is 0.595. The summed E-state index contributed by atoms with van der Waals surface area (Å²) >= 11 is 0. The van der Waals surface area contributed by atoms with Gasteiger partial charge in [-0.1, -0.05) is 109 Å². The Labute approximate surface area is 256 Å². The van der Waals surface area contributed by atoms with E-state index in [0.29, 0.717) is 45.9 Å². The lowest BCUT2D eigenvalue weighted by Crippen LogP contribution is -1.85. The van der Waals surface area contributed by atoms with Gasteiger partial charge >= 0.3 is 0 Å². The molecule has 0 fully saturated rings. The molecular weight excluding hydrogens is 556 g/mol. The topological polar surface area (TPSA) is 109 Å². The fraction of sp³-hybridized carbons (Fsp3) is 0.0270. The van der Waals surface area contributed by atoms with Crippen molar-refractivity contribution in [2.24, 2.45) is 0 Å². The van der Waals surface area contributed by atoms with Crippen molar-refractivity contribution in [3.63, 3.8) is 0 Å². The summed E-state index contributed by atoms with van der Waals surface area (Å²) in [5.41, 5.74) is 8.80. The maximum absolute atomic E-state index is 5.20. The van der Waals surface area contributed by atoms with E-state index in [1.165, 1.54) is 5.57 Å². The number of hydrogen-bond donors (Lipinski definition) is 2. The molecule has 3 aliphatic rings. The Morgan fingerprint density at radius 1 is 0.422 bits per heavy atom. The number of hydrogen-bond acceptors (Lipinski definition) is 6. The van der Waals surface area contributed by atoms with Crippen molar-refractivity contribution in [1.29, 1.82) is 0 Å². The highest BCUT2D eigenvalue weighted by atomic mass is 15.1. The maximum Gasteiger partial charge on any atom is 0.164 e. The molecular formula is C37H22N8. The first-order valence-electron chi connectivity index (χ1n) is 14.9. The van der Waals surface area contributed by atoms with Crippen LogP contribution in [0.1, 0.15) is 12.0 Å². The normalized spacial score (nSPS) is 13.3. The van der Waals surface area contributed by atoms with Crippen molar-refractivity contribution < 1.29 is 0 Å². The van der Waals surface area contributed by atoms with Gasteiger partial charge in [0.05, 0.1) is 0 Å². The van der Waals surface area contributed by atoms with Gasteiger partial charge in [0.1, 0.15) is 22.6 Å². The molecule has 5 heterocycles. The highest BCUT2D eigenvalue weighted by molar-refractivity contribution is 6.11. The zero-order chi connectivity index (χ0) is 29.5. The smallest absolute Gasteiger partial charge is 0.164 e. The number of aromatic nitrogens is 8. The second-order valence-corrected chi connectivity index (χ2v) is 11.3. The van der Waals surface area contributed by atoms with Gasteiger partial charge in [-0.05, 0) is 17.6 Å². The van der Waals surface area contributed by atoms with E-state index in [1.807, 2.05) is 72.8 Å². The first-order chi connectivity index (χ1) is 22.3. The molecule has 7 aromatic rings. The van der Waals surface area contributed by atoms with Crippen LogP contribution in [0, 0.1) is 0 Å². The van der Waals surface area contributed by atoms with Crippen LogP contribution in [-0.4, -0.2) is 39.9 Å². The van der Waals surface area contributed by atoms with Crippen molar-refractivity contribution in [2.45, 2.75) is 6.42 Å². The van der Waals surface area contributed by atoms with Crippen molar-refractivity contribution >= 4 is 49.7 Å². The third kappa shape index (κ3) is 3.59. The number of aromatic amines is 2. The van der Waals surface area contributed by atoms with Crippen LogP contribution in [0.25, 0.3) is 95.3 Å². The molecule has 0 saturated heterocycles. The number of rotatable bonds is 1. The third-order valence-electron chi connectivity index (χ3n) is 8.70. The van der Waals surface area contributed by atoms with E-state index in [0.717, 1.165) is 55.8 Å². The maximum atomic E-state index is 5.20. The summed E-state index contributed by atoms with van der Waals surface area (Å²) in [6.45, 7) is 0. The number of nitrogens with zero attached hydrogens (tertiary/aromatic N) is 6. The highest BCUT2D eigenvalue weighted by Crippen LogP contribution is 2.38. The first kappa shape index (κ1) is 24.2. The van der Waals surface area contributed by atoms with Gasteiger partial charge < -0.3 is 9.97 Å². The molecule has 0 radical (unpaired) electrons. The minimum absolute atomic E-state index is 0.595. The Morgan fingerprint density at radius 2 is 0.867 bits per heavy atom. The molecule has 45 heavy (non-hydrogen) atoms. The van der Waals surface area contributed by atoms with Crippen LogP contribution < -0.4 is 0 Å². The van der Waals surface area contributed by atoms with Crippen LogP contribution in [0.5, 0.6) is 0 Å². The number of allylic oxidation sites excluding steroid dienone is 4.